The van der Waals surface area contributed by atoms with Crippen LogP contribution in [0.15, 0.2) is 30.3 Å². The van der Waals surface area contributed by atoms with Crippen LogP contribution in [-0.4, -0.2) is 48.7 Å². The van der Waals surface area contributed by atoms with Crippen LogP contribution >= 0.6 is 0 Å². The molecule has 32 heavy (non-hydrogen) atoms. The van der Waals surface area contributed by atoms with Gasteiger partial charge in [-0.05, 0) is 43.2 Å². The van der Waals surface area contributed by atoms with E-state index in [2.05, 4.69) is 0 Å². The van der Waals surface area contributed by atoms with Gasteiger partial charge in [-0.2, -0.15) is 0 Å². The monoisotopic (exact) mass is 441 g/mol. The minimum Gasteiger partial charge on any atom is -0.467 e. The van der Waals surface area contributed by atoms with Gasteiger partial charge in [-0.15, -0.1) is 0 Å². The topological polar surface area (TPSA) is 91.4 Å². The van der Waals surface area contributed by atoms with E-state index in [4.69, 9.17) is 18.9 Å². The average Bonchev–Trinajstić information content (AvgIpc) is 3.40. The second kappa shape index (κ2) is 8.33. The zero-order chi connectivity index (χ0) is 22.2. The molecule has 0 bridgehead atoms. The molecule has 2 aromatic rings. The number of imide groups is 1. The maximum absolute atomic E-state index is 13.9. The summed E-state index contributed by atoms with van der Waals surface area (Å²) in [5.41, 5.74) is 1.45. The fraction of sp³-hybridized carbons (Fsp3) is 0.348. The Morgan fingerprint density at radius 2 is 2.00 bits per heavy atom. The van der Waals surface area contributed by atoms with Crippen molar-refractivity contribution < 1.29 is 37.7 Å². The molecule has 0 aromatic heterocycles. The van der Waals surface area contributed by atoms with Gasteiger partial charge in [0, 0.05) is 17.7 Å². The van der Waals surface area contributed by atoms with Gasteiger partial charge in [-0.25, -0.2) is 9.18 Å². The van der Waals surface area contributed by atoms with E-state index in [9.17, 15) is 18.8 Å². The van der Waals surface area contributed by atoms with Crippen LogP contribution in [0.2, 0.25) is 0 Å². The molecule has 0 N–H and O–H groups in total. The lowest BCUT2D eigenvalue weighted by Gasteiger charge is -2.20. The summed E-state index contributed by atoms with van der Waals surface area (Å²) in [5.74, 6) is -1.61. The number of benzene rings is 2. The number of halogens is 1. The van der Waals surface area contributed by atoms with Gasteiger partial charge in [-0.3, -0.25) is 14.5 Å². The molecule has 1 saturated heterocycles. The number of amides is 2. The number of carbonyl (C=O) groups is 3. The second-order valence-corrected chi connectivity index (χ2v) is 7.86. The number of hydrogen-bond donors (Lipinski definition) is 0. The van der Waals surface area contributed by atoms with Crippen LogP contribution in [0.4, 0.5) is 4.39 Å². The standard InChI is InChI=1S/C23H20FNO7/c24-16-6-14-10-29-12-32-20(14)15(7-16)11-31-23(28)13-3-4-18-19(8-13)22(27)25(21(18)26)9-17-2-1-5-30-17/h3-4,6-8,17H,1-2,5,9-12H2. The van der Waals surface area contributed by atoms with Crippen molar-refractivity contribution in [3.8, 4) is 5.75 Å². The Labute approximate surface area is 182 Å². The first kappa shape index (κ1) is 20.6. The Morgan fingerprint density at radius 1 is 1.16 bits per heavy atom. The van der Waals surface area contributed by atoms with Crippen LogP contribution < -0.4 is 4.74 Å². The number of fused-ring (bicyclic) bond motifs is 2. The largest absolute Gasteiger partial charge is 0.467 e. The summed E-state index contributed by atoms with van der Waals surface area (Å²) < 4.78 is 35.3. The third-order valence-corrected chi connectivity index (χ3v) is 5.73. The molecule has 8 nitrogen and oxygen atoms in total. The summed E-state index contributed by atoms with van der Waals surface area (Å²) in [6, 6.07) is 6.80. The Hall–Kier alpha value is -3.30. The molecule has 3 heterocycles. The Kier molecular flexibility index (Phi) is 5.36. The van der Waals surface area contributed by atoms with Gasteiger partial charge in [0.05, 0.1) is 35.9 Å². The number of hydrogen-bond acceptors (Lipinski definition) is 7. The van der Waals surface area contributed by atoms with Gasteiger partial charge in [0.2, 0.25) is 0 Å². The Balaban J connectivity index is 1.31. The molecular formula is C23H20FNO7. The van der Waals surface area contributed by atoms with Crippen molar-refractivity contribution in [3.05, 3.63) is 64.0 Å². The molecule has 0 saturated carbocycles. The summed E-state index contributed by atoms with van der Waals surface area (Å²) in [5, 5.41) is 0. The van der Waals surface area contributed by atoms with Crippen LogP contribution in [-0.2, 0) is 27.4 Å². The van der Waals surface area contributed by atoms with Crippen LogP contribution in [0, 0.1) is 5.82 Å². The van der Waals surface area contributed by atoms with E-state index >= 15 is 0 Å². The third kappa shape index (κ3) is 3.74. The molecule has 3 aliphatic rings. The Morgan fingerprint density at radius 3 is 2.81 bits per heavy atom. The SMILES string of the molecule is O=C(OCc1cc(F)cc2c1OCOC2)c1ccc2c(c1)C(=O)N(CC1CCCO1)C2=O. The summed E-state index contributed by atoms with van der Waals surface area (Å²) in [4.78, 5) is 39.2. The molecular weight excluding hydrogens is 421 g/mol. The maximum Gasteiger partial charge on any atom is 0.338 e. The van der Waals surface area contributed by atoms with Gasteiger partial charge >= 0.3 is 5.97 Å². The van der Waals surface area contributed by atoms with E-state index in [1.165, 1.54) is 30.3 Å². The molecule has 2 aromatic carbocycles. The highest BCUT2D eigenvalue weighted by molar-refractivity contribution is 6.22. The van der Waals surface area contributed by atoms with Crippen molar-refractivity contribution in [1.29, 1.82) is 0 Å². The average molecular weight is 441 g/mol. The lowest BCUT2D eigenvalue weighted by Crippen LogP contribution is -2.36. The third-order valence-electron chi connectivity index (χ3n) is 5.73. The normalized spacial score (nSPS) is 19.5. The number of rotatable bonds is 5. The number of ether oxygens (including phenoxy) is 4. The predicted molar refractivity (Wildman–Crippen MR) is 107 cm³/mol. The number of esters is 1. The van der Waals surface area contributed by atoms with Crippen LogP contribution in [0.25, 0.3) is 0 Å². The summed E-state index contributed by atoms with van der Waals surface area (Å²) >= 11 is 0. The molecule has 1 fully saturated rings. The first-order valence-electron chi connectivity index (χ1n) is 10.3. The quantitative estimate of drug-likeness (QED) is 0.521. The van der Waals surface area contributed by atoms with Crippen molar-refractivity contribution in [1.82, 2.24) is 4.90 Å². The zero-order valence-corrected chi connectivity index (χ0v) is 17.1. The van der Waals surface area contributed by atoms with Crippen molar-refractivity contribution in [2.24, 2.45) is 0 Å². The van der Waals surface area contributed by atoms with Crippen molar-refractivity contribution in [3.63, 3.8) is 0 Å². The van der Waals surface area contributed by atoms with Crippen molar-refractivity contribution in [2.45, 2.75) is 32.2 Å². The Bertz CT molecular complexity index is 1110. The smallest absolute Gasteiger partial charge is 0.338 e. The first-order chi connectivity index (χ1) is 15.5. The molecule has 0 spiro atoms. The van der Waals surface area contributed by atoms with Gasteiger partial charge in [0.1, 0.15) is 18.2 Å². The maximum atomic E-state index is 13.9. The van der Waals surface area contributed by atoms with E-state index in [1.54, 1.807) is 0 Å². The minimum atomic E-state index is -0.698. The summed E-state index contributed by atoms with van der Waals surface area (Å²) in [7, 11) is 0. The second-order valence-electron chi connectivity index (χ2n) is 7.86. The van der Waals surface area contributed by atoms with Crippen LogP contribution in [0.5, 0.6) is 5.75 Å². The summed E-state index contributed by atoms with van der Waals surface area (Å²) in [6.45, 7) is 0.839. The lowest BCUT2D eigenvalue weighted by atomic mass is 10.1. The highest BCUT2D eigenvalue weighted by Crippen LogP contribution is 2.31. The van der Waals surface area contributed by atoms with E-state index in [-0.39, 0.29) is 49.3 Å². The molecule has 0 radical (unpaired) electrons. The van der Waals surface area contributed by atoms with Crippen molar-refractivity contribution in [2.75, 3.05) is 19.9 Å². The fourth-order valence-corrected chi connectivity index (χ4v) is 4.17. The van der Waals surface area contributed by atoms with Gasteiger partial charge in [0.15, 0.2) is 6.79 Å². The molecule has 2 amide bonds. The molecule has 1 unspecified atom stereocenters. The number of carbonyl (C=O) groups excluding carboxylic acids is 3. The minimum absolute atomic E-state index is 0.0307. The molecule has 166 valence electrons. The van der Waals surface area contributed by atoms with Crippen molar-refractivity contribution >= 4 is 17.8 Å². The lowest BCUT2D eigenvalue weighted by molar-refractivity contribution is -0.0183. The van der Waals surface area contributed by atoms with E-state index in [0.29, 0.717) is 23.5 Å². The summed E-state index contributed by atoms with van der Waals surface area (Å²) in [6.07, 6.45) is 1.53. The van der Waals surface area contributed by atoms with Gasteiger partial charge < -0.3 is 18.9 Å². The fourth-order valence-electron chi connectivity index (χ4n) is 4.17. The highest BCUT2D eigenvalue weighted by atomic mass is 19.1. The van der Waals surface area contributed by atoms with Gasteiger partial charge in [0.25, 0.3) is 11.8 Å². The first-order valence-corrected chi connectivity index (χ1v) is 10.3. The number of nitrogens with zero attached hydrogens (tertiary/aromatic N) is 1. The molecule has 1 atom stereocenters. The molecule has 3 aliphatic heterocycles. The zero-order valence-electron chi connectivity index (χ0n) is 17.1. The van der Waals surface area contributed by atoms with E-state index < -0.39 is 23.6 Å². The highest BCUT2D eigenvalue weighted by Gasteiger charge is 2.38. The van der Waals surface area contributed by atoms with E-state index in [0.717, 1.165) is 17.7 Å². The van der Waals surface area contributed by atoms with E-state index in [1.807, 2.05) is 0 Å². The molecule has 0 aliphatic carbocycles. The van der Waals surface area contributed by atoms with Crippen LogP contribution in [0.1, 0.15) is 55.0 Å². The molecule has 9 heteroatoms. The van der Waals surface area contributed by atoms with Crippen LogP contribution in [0.3, 0.4) is 0 Å². The predicted octanol–water partition coefficient (Wildman–Crippen LogP) is 2.82. The molecule has 5 rings (SSSR count). The van der Waals surface area contributed by atoms with Gasteiger partial charge in [-0.1, -0.05) is 0 Å².